The summed E-state index contributed by atoms with van der Waals surface area (Å²) < 4.78 is 26.3. The lowest BCUT2D eigenvalue weighted by Gasteiger charge is -2.22. The summed E-state index contributed by atoms with van der Waals surface area (Å²) in [4.78, 5) is 24.3. The topological polar surface area (TPSA) is 69.6 Å². The number of halogens is 2. The molecule has 27 heavy (non-hydrogen) atoms. The first-order valence-electron chi connectivity index (χ1n) is 8.68. The van der Waals surface area contributed by atoms with Gasteiger partial charge in [0.2, 0.25) is 0 Å². The van der Waals surface area contributed by atoms with Crippen LogP contribution in [0, 0.1) is 5.82 Å². The zero-order valence-electron chi connectivity index (χ0n) is 16.1. The Labute approximate surface area is 162 Å². The van der Waals surface area contributed by atoms with Crippen LogP contribution in [0.25, 0.3) is 10.9 Å². The number of nitrogens with one attached hydrogen (secondary N) is 1. The maximum Gasteiger partial charge on any atom is 0.407 e. The molecule has 6 nitrogen and oxygen atoms in total. The summed E-state index contributed by atoms with van der Waals surface area (Å²) in [5.74, 6) is -1.11. The van der Waals surface area contributed by atoms with Gasteiger partial charge in [-0.2, -0.15) is 0 Å². The predicted octanol–water partition coefficient (Wildman–Crippen LogP) is 4.70. The van der Waals surface area contributed by atoms with Gasteiger partial charge in [0.05, 0.1) is 17.1 Å². The first-order chi connectivity index (χ1) is 12.5. The second-order valence-corrected chi connectivity index (χ2v) is 7.55. The number of carbonyl (C=O) groups excluding carboxylic acids is 2. The van der Waals surface area contributed by atoms with Crippen LogP contribution in [-0.4, -0.2) is 35.4 Å². The molecule has 0 aliphatic rings. The molecule has 1 unspecified atom stereocenters. The Balaban J connectivity index is 2.39. The van der Waals surface area contributed by atoms with Crippen molar-refractivity contribution in [2.24, 2.45) is 0 Å². The molecule has 1 heterocycles. The highest BCUT2D eigenvalue weighted by Gasteiger charge is 2.24. The zero-order chi connectivity index (χ0) is 20.4. The summed E-state index contributed by atoms with van der Waals surface area (Å²) in [5.41, 5.74) is -0.287. The molecule has 1 atom stereocenters. The van der Waals surface area contributed by atoms with Crippen LogP contribution in [-0.2, 0) is 9.47 Å². The van der Waals surface area contributed by atoms with E-state index < -0.39 is 29.5 Å². The quantitative estimate of drug-likeness (QED) is 0.741. The van der Waals surface area contributed by atoms with Gasteiger partial charge >= 0.3 is 12.1 Å². The molecule has 1 aromatic heterocycles. The van der Waals surface area contributed by atoms with E-state index in [4.69, 9.17) is 21.1 Å². The van der Waals surface area contributed by atoms with Crippen molar-refractivity contribution in [1.82, 2.24) is 9.88 Å². The molecule has 2 rings (SSSR count). The third-order valence-corrected chi connectivity index (χ3v) is 4.09. The van der Waals surface area contributed by atoms with Gasteiger partial charge in [0.25, 0.3) is 0 Å². The maximum atomic E-state index is 14.5. The lowest BCUT2D eigenvalue weighted by molar-refractivity contribution is 0.0512. The van der Waals surface area contributed by atoms with Gasteiger partial charge in [-0.15, -0.1) is 0 Å². The molecule has 0 radical (unpaired) electrons. The molecule has 0 bridgehead atoms. The molecule has 0 saturated heterocycles. The number of hydrogen-bond donors (Lipinski definition) is 1. The molecule has 0 fully saturated rings. The van der Waals surface area contributed by atoms with Crippen molar-refractivity contribution in [1.29, 1.82) is 0 Å². The number of ether oxygens (including phenoxy) is 2. The van der Waals surface area contributed by atoms with Crippen molar-refractivity contribution in [3.63, 3.8) is 0 Å². The molecule has 2 aromatic rings. The van der Waals surface area contributed by atoms with Crippen molar-refractivity contribution in [2.75, 3.05) is 13.2 Å². The largest absolute Gasteiger partial charge is 0.461 e. The average Bonchev–Trinajstić information content (AvgIpc) is 2.97. The fraction of sp³-hybridized carbons (Fsp3) is 0.474. The second-order valence-electron chi connectivity index (χ2n) is 7.14. The van der Waals surface area contributed by atoms with E-state index in [2.05, 4.69) is 5.32 Å². The van der Waals surface area contributed by atoms with E-state index in [1.54, 1.807) is 34.6 Å². The summed E-state index contributed by atoms with van der Waals surface area (Å²) in [5, 5.41) is 3.36. The molecule has 0 saturated carbocycles. The van der Waals surface area contributed by atoms with Gasteiger partial charge in [-0.1, -0.05) is 11.6 Å². The number of benzene rings is 1. The Morgan fingerprint density at radius 1 is 1.33 bits per heavy atom. The summed E-state index contributed by atoms with van der Waals surface area (Å²) in [7, 11) is 0. The molecule has 0 spiro atoms. The van der Waals surface area contributed by atoms with Crippen molar-refractivity contribution in [3.05, 3.63) is 34.7 Å². The minimum absolute atomic E-state index is 0.122. The minimum Gasteiger partial charge on any atom is -0.461 e. The van der Waals surface area contributed by atoms with E-state index in [9.17, 15) is 14.0 Å². The van der Waals surface area contributed by atoms with Crippen LogP contribution in [0.5, 0.6) is 0 Å². The molecular weight excluding hydrogens is 375 g/mol. The highest BCUT2D eigenvalue weighted by atomic mass is 35.5. The number of nitrogens with zero attached hydrogens (tertiary/aromatic N) is 1. The lowest BCUT2D eigenvalue weighted by atomic mass is 10.2. The van der Waals surface area contributed by atoms with Gasteiger partial charge in [-0.3, -0.25) is 0 Å². The highest BCUT2D eigenvalue weighted by Crippen LogP contribution is 2.32. The number of aromatic nitrogens is 1. The van der Waals surface area contributed by atoms with E-state index in [-0.39, 0.29) is 24.4 Å². The second kappa shape index (κ2) is 8.17. The highest BCUT2D eigenvalue weighted by molar-refractivity contribution is 6.35. The summed E-state index contributed by atoms with van der Waals surface area (Å²) in [6, 6.07) is 3.72. The van der Waals surface area contributed by atoms with Crippen LogP contribution in [0.2, 0.25) is 5.02 Å². The van der Waals surface area contributed by atoms with Gasteiger partial charge in [-0.05, 0) is 52.8 Å². The Morgan fingerprint density at radius 2 is 2.00 bits per heavy atom. The molecule has 1 aromatic carbocycles. The Kier molecular flexibility index (Phi) is 6.36. The van der Waals surface area contributed by atoms with Crippen LogP contribution >= 0.6 is 11.6 Å². The first-order valence-corrected chi connectivity index (χ1v) is 9.05. The van der Waals surface area contributed by atoms with E-state index in [1.165, 1.54) is 22.8 Å². The van der Waals surface area contributed by atoms with Crippen molar-refractivity contribution >= 4 is 34.6 Å². The fourth-order valence-electron chi connectivity index (χ4n) is 2.72. The number of fused-ring (bicyclic) bond motifs is 1. The number of alkyl carbamates (subject to hydrolysis) is 1. The van der Waals surface area contributed by atoms with E-state index in [1.807, 2.05) is 0 Å². The first kappa shape index (κ1) is 21.0. The van der Waals surface area contributed by atoms with Gasteiger partial charge in [0, 0.05) is 18.0 Å². The van der Waals surface area contributed by atoms with Crippen LogP contribution in [0.4, 0.5) is 9.18 Å². The van der Waals surface area contributed by atoms with E-state index in [0.29, 0.717) is 10.4 Å². The average molecular weight is 399 g/mol. The van der Waals surface area contributed by atoms with Crippen LogP contribution in [0.15, 0.2) is 18.2 Å². The minimum atomic E-state index is -0.636. The molecule has 0 aliphatic carbocycles. The van der Waals surface area contributed by atoms with Crippen molar-refractivity contribution in [3.8, 4) is 0 Å². The smallest absolute Gasteiger partial charge is 0.407 e. The van der Waals surface area contributed by atoms with Crippen LogP contribution in [0.1, 0.15) is 51.1 Å². The Morgan fingerprint density at radius 3 is 2.59 bits per heavy atom. The summed E-state index contributed by atoms with van der Waals surface area (Å²) >= 11 is 6.18. The third-order valence-electron chi connectivity index (χ3n) is 3.76. The van der Waals surface area contributed by atoms with Crippen molar-refractivity contribution < 1.29 is 23.5 Å². The summed E-state index contributed by atoms with van der Waals surface area (Å²) in [6.45, 7) is 9.01. The molecule has 0 aliphatic heterocycles. The number of carbonyl (C=O) groups is 2. The van der Waals surface area contributed by atoms with Gasteiger partial charge < -0.3 is 19.4 Å². The molecule has 1 amide bonds. The molecular formula is C19H24ClFN2O4. The molecule has 1 N–H and O–H groups in total. The maximum absolute atomic E-state index is 14.5. The van der Waals surface area contributed by atoms with Gasteiger partial charge in [-0.25, -0.2) is 14.0 Å². The number of rotatable bonds is 5. The van der Waals surface area contributed by atoms with E-state index >= 15 is 0 Å². The standard InChI is InChI=1S/C19H24ClFN2O4/c1-6-26-17(24)15-9-12-13(20)7-8-14(21)16(12)23(15)11(2)10-22-18(25)27-19(3,4)5/h7-9,11H,6,10H2,1-5H3,(H,22,25). The molecule has 8 heteroatoms. The number of esters is 1. The normalized spacial score (nSPS) is 12.7. The third kappa shape index (κ3) is 4.91. The SMILES string of the molecule is CCOC(=O)c1cc2c(Cl)ccc(F)c2n1C(C)CNC(=O)OC(C)(C)C. The Bertz CT molecular complexity index is 857. The van der Waals surface area contributed by atoms with Crippen LogP contribution < -0.4 is 5.32 Å². The van der Waals surface area contributed by atoms with Crippen LogP contribution in [0.3, 0.4) is 0 Å². The van der Waals surface area contributed by atoms with E-state index in [0.717, 1.165) is 0 Å². The fourth-order valence-corrected chi connectivity index (χ4v) is 2.93. The monoisotopic (exact) mass is 398 g/mol. The number of hydrogen-bond acceptors (Lipinski definition) is 4. The Hall–Kier alpha value is -2.28. The summed E-state index contributed by atoms with van der Waals surface area (Å²) in [6.07, 6.45) is -0.595. The molecule has 148 valence electrons. The van der Waals surface area contributed by atoms with Crippen molar-refractivity contribution in [2.45, 2.75) is 46.3 Å². The predicted molar refractivity (Wildman–Crippen MR) is 102 cm³/mol. The zero-order valence-corrected chi connectivity index (χ0v) is 16.8. The number of amides is 1. The van der Waals surface area contributed by atoms with Gasteiger partial charge in [0.15, 0.2) is 0 Å². The lowest BCUT2D eigenvalue weighted by Crippen LogP contribution is -2.35. The van der Waals surface area contributed by atoms with Gasteiger partial charge in [0.1, 0.15) is 17.1 Å².